The Balaban J connectivity index is 1.20. The second kappa shape index (κ2) is 18.2. The second-order valence-electron chi connectivity index (χ2n) is 30.5. The average molecular weight is 1110 g/mol. The standard InChI is InChI=1S/C74H84BN3SSi2/c1-70(2,3)49-23-35-66-57(41-49)68-69(79-66)75-62-45-60-61(74(10,11)39-38-73(60,8)9)46-63(62)77(53-29-34-58-59(42-53)72(6,7)37-36-71(58,4)5)64-43-54(44-65(67(64)75)78(68)52-24-22-47-20-18-19-21-48(47)40-52)76(50-25-30-55(31-26-50)80(12,13)14)51-27-32-56(33-28-51)81(15,16)17/h18-35,40-46H,36-39H2,1-17H3. The maximum atomic E-state index is 2.75. The fourth-order valence-corrected chi connectivity index (χ4v) is 18.0. The minimum Gasteiger partial charge on any atom is -0.311 e. The molecule has 4 aliphatic rings. The molecule has 2 aliphatic heterocycles. The molecule has 8 aromatic carbocycles. The summed E-state index contributed by atoms with van der Waals surface area (Å²) in [6, 6.07) is 61.1. The number of thiophene rings is 1. The molecule has 0 unspecified atom stereocenters. The van der Waals surface area contributed by atoms with Crippen LogP contribution in [0, 0.1) is 0 Å². The molecular weight excluding hydrogens is 1030 g/mol. The Kier molecular flexibility index (Phi) is 12.2. The summed E-state index contributed by atoms with van der Waals surface area (Å²) in [5.41, 5.74) is 21.3. The largest absolute Gasteiger partial charge is 0.311 e. The highest BCUT2D eigenvalue weighted by molar-refractivity contribution is 7.33. The number of rotatable bonds is 7. The molecule has 13 rings (SSSR count). The van der Waals surface area contributed by atoms with E-state index in [0.717, 1.165) is 24.9 Å². The number of anilines is 9. The molecule has 3 nitrogen and oxygen atoms in total. The normalized spacial score (nSPS) is 17.6. The molecule has 0 radical (unpaired) electrons. The van der Waals surface area contributed by atoms with E-state index >= 15 is 0 Å². The molecule has 0 bridgehead atoms. The molecule has 0 fully saturated rings. The molecule has 1 aromatic heterocycles. The van der Waals surface area contributed by atoms with Gasteiger partial charge in [0.05, 0.1) is 27.5 Å². The number of fused-ring (bicyclic) bond motifs is 9. The van der Waals surface area contributed by atoms with Crippen LogP contribution in [-0.4, -0.2) is 22.9 Å². The van der Waals surface area contributed by atoms with E-state index in [1.165, 1.54) is 127 Å². The van der Waals surface area contributed by atoms with Crippen molar-refractivity contribution in [2.75, 3.05) is 14.7 Å². The molecule has 2 aliphatic carbocycles. The van der Waals surface area contributed by atoms with Gasteiger partial charge in [0.1, 0.15) is 0 Å². The molecule has 0 spiro atoms. The Bertz CT molecular complexity index is 3970. The average Bonchev–Trinajstić information content (AvgIpc) is 2.13. The molecule has 0 N–H and O–H groups in total. The topological polar surface area (TPSA) is 9.72 Å². The zero-order chi connectivity index (χ0) is 57.3. The number of benzene rings is 8. The van der Waals surface area contributed by atoms with E-state index in [9.17, 15) is 0 Å². The molecular formula is C74H84BN3SSi2. The molecule has 7 heteroatoms. The summed E-state index contributed by atoms with van der Waals surface area (Å²) < 4.78 is 2.76. The molecule has 0 atom stereocenters. The third kappa shape index (κ3) is 8.83. The van der Waals surface area contributed by atoms with Crippen LogP contribution in [0.1, 0.15) is 130 Å². The fraction of sp³-hybridized carbons (Fsp3) is 0.351. The fourth-order valence-electron chi connectivity index (χ4n) is 14.4. The summed E-state index contributed by atoms with van der Waals surface area (Å²) >= 11 is 2.02. The van der Waals surface area contributed by atoms with Gasteiger partial charge >= 0.3 is 0 Å². The van der Waals surface area contributed by atoms with E-state index in [-0.39, 0.29) is 33.8 Å². The summed E-state index contributed by atoms with van der Waals surface area (Å²) in [5, 5.41) is 6.76. The van der Waals surface area contributed by atoms with E-state index in [1.54, 1.807) is 0 Å². The van der Waals surface area contributed by atoms with Gasteiger partial charge in [-0.3, -0.25) is 0 Å². The first kappa shape index (κ1) is 54.1. The first-order valence-electron chi connectivity index (χ1n) is 30.2. The van der Waals surface area contributed by atoms with Crippen LogP contribution in [0.25, 0.3) is 20.9 Å². The lowest BCUT2D eigenvalue weighted by molar-refractivity contribution is 0.332. The third-order valence-corrected chi connectivity index (χ3v) is 25.2. The van der Waals surface area contributed by atoms with Gasteiger partial charge in [-0.25, -0.2) is 0 Å². The molecule has 412 valence electrons. The van der Waals surface area contributed by atoms with Crippen LogP contribution >= 0.6 is 11.3 Å². The zero-order valence-corrected chi connectivity index (χ0v) is 54.4. The smallest absolute Gasteiger partial charge is 0.264 e. The first-order valence-corrected chi connectivity index (χ1v) is 38.0. The quantitative estimate of drug-likeness (QED) is 0.147. The maximum absolute atomic E-state index is 2.75. The lowest BCUT2D eigenvalue weighted by atomic mass is 9.35. The summed E-state index contributed by atoms with van der Waals surface area (Å²) in [6.45, 7) is 41.8. The molecule has 0 saturated carbocycles. The Hall–Kier alpha value is -6.12. The highest BCUT2D eigenvalue weighted by atomic mass is 32.1. The minimum absolute atomic E-state index is 0.00717. The molecule has 9 aromatic rings. The van der Waals surface area contributed by atoms with Crippen molar-refractivity contribution in [3.8, 4) is 0 Å². The SMILES string of the molecule is CC(C)(C)c1ccc2sc3c(c2c1)N(c1ccc2ccccc2c1)c1cc(N(c2ccc([Si](C)(C)C)cc2)c2ccc([Si](C)(C)C)cc2)cc2c1B3c1cc3c(cc1N2c1ccc2c(c1)C(C)(C)CCC2(C)C)C(C)(C)CCC3(C)C. The van der Waals surface area contributed by atoms with Crippen LogP contribution in [0.15, 0.2) is 152 Å². The summed E-state index contributed by atoms with van der Waals surface area (Å²) in [4.78, 5) is 8.04. The molecule has 81 heavy (non-hydrogen) atoms. The van der Waals surface area contributed by atoms with Crippen LogP contribution in [0.4, 0.5) is 51.2 Å². The lowest BCUT2D eigenvalue weighted by Gasteiger charge is -2.48. The van der Waals surface area contributed by atoms with Crippen molar-refractivity contribution in [2.45, 2.75) is 168 Å². The molecule has 0 saturated heterocycles. The number of nitrogens with zero attached hydrogens (tertiary/aromatic N) is 3. The van der Waals surface area contributed by atoms with Crippen molar-refractivity contribution < 1.29 is 0 Å². The minimum atomic E-state index is -1.61. The summed E-state index contributed by atoms with van der Waals surface area (Å²) in [7, 11) is -3.22. The van der Waals surface area contributed by atoms with Crippen molar-refractivity contribution in [1.29, 1.82) is 0 Å². The van der Waals surface area contributed by atoms with Crippen molar-refractivity contribution in [3.05, 3.63) is 179 Å². The van der Waals surface area contributed by atoms with Crippen LogP contribution in [-0.2, 0) is 27.1 Å². The monoisotopic (exact) mass is 1110 g/mol. The predicted octanol–water partition coefficient (Wildman–Crippen LogP) is 18.7. The Morgan fingerprint density at radius 3 is 1.54 bits per heavy atom. The van der Waals surface area contributed by atoms with Crippen molar-refractivity contribution in [1.82, 2.24) is 0 Å². The number of hydrogen-bond acceptors (Lipinski definition) is 4. The Morgan fingerprint density at radius 2 is 0.975 bits per heavy atom. The van der Waals surface area contributed by atoms with E-state index in [0.29, 0.717) is 0 Å². The summed E-state index contributed by atoms with van der Waals surface area (Å²) in [5.74, 6) is 0. The Morgan fingerprint density at radius 1 is 0.469 bits per heavy atom. The van der Waals surface area contributed by atoms with Gasteiger partial charge in [-0.1, -0.05) is 199 Å². The van der Waals surface area contributed by atoms with Crippen LogP contribution < -0.4 is 40.8 Å². The molecule has 3 heterocycles. The lowest BCUT2D eigenvalue weighted by Crippen LogP contribution is -2.61. The Labute approximate surface area is 491 Å². The van der Waals surface area contributed by atoms with Gasteiger partial charge in [0.25, 0.3) is 6.71 Å². The van der Waals surface area contributed by atoms with Crippen molar-refractivity contribution >= 4 is 132 Å². The number of hydrogen-bond donors (Lipinski definition) is 0. The van der Waals surface area contributed by atoms with Gasteiger partial charge in [0.15, 0.2) is 0 Å². The van der Waals surface area contributed by atoms with Crippen molar-refractivity contribution in [2.24, 2.45) is 0 Å². The maximum Gasteiger partial charge on any atom is 0.264 e. The van der Waals surface area contributed by atoms with Crippen LogP contribution in [0.2, 0.25) is 39.3 Å². The van der Waals surface area contributed by atoms with Gasteiger partial charge in [-0.2, -0.15) is 0 Å². The third-order valence-electron chi connectivity index (χ3n) is 19.8. The summed E-state index contributed by atoms with van der Waals surface area (Å²) in [6.07, 6.45) is 4.65. The van der Waals surface area contributed by atoms with Crippen molar-refractivity contribution in [3.63, 3.8) is 0 Å². The van der Waals surface area contributed by atoms with Crippen LogP contribution in [0.5, 0.6) is 0 Å². The van der Waals surface area contributed by atoms with Gasteiger partial charge in [0, 0.05) is 54.7 Å². The second-order valence-corrected chi connectivity index (χ2v) is 41.7. The molecule has 0 amide bonds. The van der Waals surface area contributed by atoms with Gasteiger partial charge < -0.3 is 14.7 Å². The van der Waals surface area contributed by atoms with Crippen LogP contribution in [0.3, 0.4) is 0 Å². The first-order chi connectivity index (χ1) is 38.0. The predicted molar refractivity (Wildman–Crippen MR) is 363 cm³/mol. The van der Waals surface area contributed by atoms with E-state index in [4.69, 9.17) is 0 Å². The van der Waals surface area contributed by atoms with Gasteiger partial charge in [-0.05, 0) is 181 Å². The van der Waals surface area contributed by atoms with E-state index in [1.807, 2.05) is 11.3 Å². The highest BCUT2D eigenvalue weighted by Crippen LogP contribution is 2.55. The highest BCUT2D eigenvalue weighted by Gasteiger charge is 2.49. The van der Waals surface area contributed by atoms with Gasteiger partial charge in [0.2, 0.25) is 0 Å². The zero-order valence-electron chi connectivity index (χ0n) is 51.6. The van der Waals surface area contributed by atoms with E-state index in [2.05, 4.69) is 282 Å². The van der Waals surface area contributed by atoms with Gasteiger partial charge in [-0.15, -0.1) is 11.3 Å². The van der Waals surface area contributed by atoms with E-state index < -0.39 is 16.1 Å².